The number of hydrogen-bond acceptors (Lipinski definition) is 6. The van der Waals surface area contributed by atoms with E-state index in [1.165, 1.54) is 0 Å². The first-order chi connectivity index (χ1) is 8.69. The predicted octanol–water partition coefficient (Wildman–Crippen LogP) is 1.94. The van der Waals surface area contributed by atoms with Gasteiger partial charge in [-0.2, -0.15) is 15.0 Å². The molecule has 2 atom stereocenters. The van der Waals surface area contributed by atoms with Gasteiger partial charge in [0.05, 0.1) is 12.1 Å². The van der Waals surface area contributed by atoms with E-state index in [1.54, 1.807) is 0 Å². The normalized spacial score (nSPS) is 20.7. The van der Waals surface area contributed by atoms with Crippen LogP contribution in [0.25, 0.3) is 0 Å². The summed E-state index contributed by atoms with van der Waals surface area (Å²) in [6.45, 7) is 5.60. The molecule has 0 amide bonds. The summed E-state index contributed by atoms with van der Waals surface area (Å²) in [5, 5.41) is 6.41. The van der Waals surface area contributed by atoms with Crippen LogP contribution in [0.5, 0.6) is 0 Å². The Hall–Kier alpha value is -1.14. The van der Waals surface area contributed by atoms with Crippen molar-refractivity contribution in [1.82, 2.24) is 15.0 Å². The second kappa shape index (κ2) is 6.15. The van der Waals surface area contributed by atoms with E-state index in [-0.39, 0.29) is 17.4 Å². The molecule has 100 valence electrons. The van der Waals surface area contributed by atoms with Gasteiger partial charge in [-0.05, 0) is 38.3 Å². The zero-order chi connectivity index (χ0) is 13.0. The molecule has 7 heteroatoms. The number of rotatable bonds is 5. The van der Waals surface area contributed by atoms with Crippen molar-refractivity contribution in [3.05, 3.63) is 5.28 Å². The van der Waals surface area contributed by atoms with E-state index in [2.05, 4.69) is 32.5 Å². The minimum Gasteiger partial charge on any atom is -0.376 e. The Morgan fingerprint density at radius 1 is 1.39 bits per heavy atom. The average molecular weight is 272 g/mol. The fourth-order valence-corrected chi connectivity index (χ4v) is 2.11. The second-order valence-corrected chi connectivity index (χ2v) is 4.60. The van der Waals surface area contributed by atoms with Crippen LogP contribution in [0, 0.1) is 0 Å². The molecule has 6 nitrogen and oxygen atoms in total. The van der Waals surface area contributed by atoms with Crippen LogP contribution in [0.2, 0.25) is 5.28 Å². The number of nitrogens with zero attached hydrogens (tertiary/aromatic N) is 3. The van der Waals surface area contributed by atoms with Crippen LogP contribution in [-0.2, 0) is 4.74 Å². The summed E-state index contributed by atoms with van der Waals surface area (Å²) < 4.78 is 5.61. The summed E-state index contributed by atoms with van der Waals surface area (Å²) in [6, 6.07) is 0.153. The van der Waals surface area contributed by atoms with E-state index in [1.807, 2.05) is 6.92 Å². The Bertz CT molecular complexity index is 397. The highest BCUT2D eigenvalue weighted by atomic mass is 35.5. The molecule has 1 aromatic rings. The molecule has 2 heterocycles. The molecule has 0 aliphatic carbocycles. The summed E-state index contributed by atoms with van der Waals surface area (Å²) in [7, 11) is 0. The zero-order valence-corrected chi connectivity index (χ0v) is 11.4. The van der Waals surface area contributed by atoms with Gasteiger partial charge in [0.2, 0.25) is 17.2 Å². The van der Waals surface area contributed by atoms with Crippen LogP contribution in [0.15, 0.2) is 0 Å². The Morgan fingerprint density at radius 3 is 2.83 bits per heavy atom. The zero-order valence-electron chi connectivity index (χ0n) is 10.6. The smallest absolute Gasteiger partial charge is 0.229 e. The summed E-state index contributed by atoms with van der Waals surface area (Å²) in [5.74, 6) is 0.966. The Balaban J connectivity index is 2.03. The number of hydrogen-bond donors (Lipinski definition) is 2. The maximum absolute atomic E-state index is 5.86. The summed E-state index contributed by atoms with van der Waals surface area (Å²) in [5.41, 5.74) is 0. The van der Waals surface area contributed by atoms with Crippen LogP contribution < -0.4 is 10.6 Å². The van der Waals surface area contributed by atoms with E-state index in [0.717, 1.165) is 26.0 Å². The third-order valence-corrected chi connectivity index (χ3v) is 2.99. The van der Waals surface area contributed by atoms with Gasteiger partial charge in [0.25, 0.3) is 0 Å². The van der Waals surface area contributed by atoms with Gasteiger partial charge in [0.1, 0.15) is 0 Å². The molecule has 1 fully saturated rings. The van der Waals surface area contributed by atoms with Crippen LogP contribution >= 0.6 is 11.6 Å². The minimum atomic E-state index is 0.153. The van der Waals surface area contributed by atoms with Gasteiger partial charge in [-0.3, -0.25) is 0 Å². The maximum Gasteiger partial charge on any atom is 0.229 e. The van der Waals surface area contributed by atoms with Gasteiger partial charge in [0.15, 0.2) is 0 Å². The average Bonchev–Trinajstić information content (AvgIpc) is 2.81. The summed E-state index contributed by atoms with van der Waals surface area (Å²) >= 11 is 5.86. The van der Waals surface area contributed by atoms with E-state index in [9.17, 15) is 0 Å². The van der Waals surface area contributed by atoms with Crippen LogP contribution in [-0.4, -0.2) is 40.2 Å². The van der Waals surface area contributed by atoms with Gasteiger partial charge < -0.3 is 15.4 Å². The van der Waals surface area contributed by atoms with Crippen molar-refractivity contribution in [3.8, 4) is 0 Å². The van der Waals surface area contributed by atoms with Crippen LogP contribution in [0.4, 0.5) is 11.9 Å². The molecule has 1 saturated heterocycles. The third kappa shape index (κ3) is 3.43. The molecule has 1 aromatic heterocycles. The number of ether oxygens (including phenoxy) is 1. The molecule has 0 radical (unpaired) electrons. The van der Waals surface area contributed by atoms with Gasteiger partial charge in [0, 0.05) is 13.2 Å². The largest absolute Gasteiger partial charge is 0.376 e. The topological polar surface area (TPSA) is 72.0 Å². The number of aromatic nitrogens is 3. The SMILES string of the molecule is CCNc1nc(Cl)nc(NC(C)C2CCCO2)n1. The van der Waals surface area contributed by atoms with E-state index >= 15 is 0 Å². The highest BCUT2D eigenvalue weighted by Crippen LogP contribution is 2.18. The van der Waals surface area contributed by atoms with Crippen molar-refractivity contribution >= 4 is 23.5 Å². The summed E-state index contributed by atoms with van der Waals surface area (Å²) in [6.07, 6.45) is 2.38. The monoisotopic (exact) mass is 271 g/mol. The highest BCUT2D eigenvalue weighted by molar-refractivity contribution is 6.28. The molecule has 1 aliphatic rings. The maximum atomic E-state index is 5.86. The molecule has 2 N–H and O–H groups in total. The number of halogens is 1. The van der Waals surface area contributed by atoms with Crippen molar-refractivity contribution in [2.45, 2.75) is 38.8 Å². The van der Waals surface area contributed by atoms with Gasteiger partial charge in [-0.1, -0.05) is 0 Å². The first-order valence-electron chi connectivity index (χ1n) is 6.22. The van der Waals surface area contributed by atoms with Gasteiger partial charge in [-0.25, -0.2) is 0 Å². The van der Waals surface area contributed by atoms with Crippen molar-refractivity contribution < 1.29 is 4.74 Å². The molecule has 2 unspecified atom stereocenters. The third-order valence-electron chi connectivity index (χ3n) is 2.82. The quantitative estimate of drug-likeness (QED) is 0.853. The lowest BCUT2D eigenvalue weighted by Gasteiger charge is -2.20. The van der Waals surface area contributed by atoms with Gasteiger partial charge in [-0.15, -0.1) is 0 Å². The second-order valence-electron chi connectivity index (χ2n) is 4.27. The molecular weight excluding hydrogens is 254 g/mol. The molecular formula is C11H18ClN5O. The lowest BCUT2D eigenvalue weighted by molar-refractivity contribution is 0.0994. The highest BCUT2D eigenvalue weighted by Gasteiger charge is 2.23. The molecule has 1 aliphatic heterocycles. The van der Waals surface area contributed by atoms with Crippen molar-refractivity contribution in [2.75, 3.05) is 23.8 Å². The minimum absolute atomic E-state index is 0.153. The van der Waals surface area contributed by atoms with Gasteiger partial charge >= 0.3 is 0 Å². The molecule has 2 rings (SSSR count). The van der Waals surface area contributed by atoms with Crippen LogP contribution in [0.1, 0.15) is 26.7 Å². The molecule has 0 spiro atoms. The molecule has 0 bridgehead atoms. The molecule has 0 saturated carbocycles. The Morgan fingerprint density at radius 2 is 2.17 bits per heavy atom. The van der Waals surface area contributed by atoms with E-state index in [4.69, 9.17) is 16.3 Å². The Kier molecular flexibility index (Phi) is 4.54. The van der Waals surface area contributed by atoms with E-state index < -0.39 is 0 Å². The first-order valence-corrected chi connectivity index (χ1v) is 6.60. The van der Waals surface area contributed by atoms with Crippen molar-refractivity contribution in [2.24, 2.45) is 0 Å². The predicted molar refractivity (Wildman–Crippen MR) is 71.1 cm³/mol. The van der Waals surface area contributed by atoms with E-state index in [0.29, 0.717) is 11.9 Å². The Labute approximate surface area is 112 Å². The van der Waals surface area contributed by atoms with Crippen molar-refractivity contribution in [1.29, 1.82) is 0 Å². The van der Waals surface area contributed by atoms with Crippen molar-refractivity contribution in [3.63, 3.8) is 0 Å². The number of anilines is 2. The fraction of sp³-hybridized carbons (Fsp3) is 0.727. The lowest BCUT2D eigenvalue weighted by Crippen LogP contribution is -2.31. The fourth-order valence-electron chi connectivity index (χ4n) is 1.95. The molecule has 0 aromatic carbocycles. The first kappa shape index (κ1) is 13.3. The van der Waals surface area contributed by atoms with Crippen LogP contribution in [0.3, 0.4) is 0 Å². The summed E-state index contributed by atoms with van der Waals surface area (Å²) in [4.78, 5) is 12.3. The standard InChI is InChI=1S/C11H18ClN5O/c1-3-13-10-15-9(12)16-11(17-10)14-7(2)8-5-4-6-18-8/h7-8H,3-6H2,1-2H3,(H2,13,14,15,16,17). The number of nitrogens with one attached hydrogen (secondary N) is 2. The molecule has 18 heavy (non-hydrogen) atoms. The lowest BCUT2D eigenvalue weighted by atomic mass is 10.1.